The average Bonchev–Trinajstić information content (AvgIpc) is 3.43. The lowest BCUT2D eigenvalue weighted by molar-refractivity contribution is 0.481. The average molecular weight is 655 g/mol. The first-order chi connectivity index (χ1) is 25.0. The molecule has 246 valence electrons. The van der Waals surface area contributed by atoms with Crippen LogP contribution in [0.5, 0.6) is 0 Å². The molecular formula is C51H42. The van der Waals surface area contributed by atoms with Crippen molar-refractivity contribution in [2.75, 3.05) is 0 Å². The highest BCUT2D eigenvalue weighted by Crippen LogP contribution is 2.54. The van der Waals surface area contributed by atoms with Crippen LogP contribution in [0.1, 0.15) is 56.2 Å². The molecule has 0 aliphatic heterocycles. The van der Waals surface area contributed by atoms with Crippen molar-refractivity contribution >= 4 is 37.9 Å². The van der Waals surface area contributed by atoms with Gasteiger partial charge in [0, 0.05) is 5.41 Å². The van der Waals surface area contributed by atoms with Crippen molar-refractivity contribution in [1.29, 1.82) is 0 Å². The smallest absolute Gasteiger partial charge is 0.0165 e. The zero-order chi connectivity index (χ0) is 34.1. The summed E-state index contributed by atoms with van der Waals surface area (Å²) in [4.78, 5) is 0. The van der Waals surface area contributed by atoms with Crippen LogP contribution < -0.4 is 0 Å². The van der Waals surface area contributed by atoms with E-state index in [1.165, 1.54) is 88.0 Å². The highest BCUT2D eigenvalue weighted by Gasteiger charge is 2.38. The van der Waals surface area contributed by atoms with E-state index >= 15 is 0 Å². The van der Waals surface area contributed by atoms with Gasteiger partial charge in [-0.15, -0.1) is 0 Å². The van der Waals surface area contributed by atoms with Crippen LogP contribution in [0.4, 0.5) is 0 Å². The molecule has 2 unspecified atom stereocenters. The molecular weight excluding hydrogens is 613 g/mol. The summed E-state index contributed by atoms with van der Waals surface area (Å²) >= 11 is 0. The van der Waals surface area contributed by atoms with Crippen LogP contribution in [0, 0.1) is 11.8 Å². The lowest BCUT2D eigenvalue weighted by Gasteiger charge is -2.29. The van der Waals surface area contributed by atoms with Crippen molar-refractivity contribution in [3.05, 3.63) is 186 Å². The normalized spacial score (nSPS) is 20.3. The highest BCUT2D eigenvalue weighted by atomic mass is 14.4. The SMILES string of the molecule is CC1(C)c2ccc(-c3cccc(C4=CC(C5=CCCC=C5)=CC(C5C=CC=CC5)C4)c3)cc2-c2ccc3c4ccccc4c4ccccc4c3c21. The molecule has 2 atom stereocenters. The number of hydrogen-bond acceptors (Lipinski definition) is 0. The Hall–Kier alpha value is -5.46. The zero-order valence-corrected chi connectivity index (χ0v) is 29.5. The molecule has 4 aliphatic rings. The summed E-state index contributed by atoms with van der Waals surface area (Å²) in [5, 5.41) is 8.11. The van der Waals surface area contributed by atoms with Gasteiger partial charge in [-0.1, -0.05) is 160 Å². The summed E-state index contributed by atoms with van der Waals surface area (Å²) < 4.78 is 0. The maximum Gasteiger partial charge on any atom is 0.0165 e. The number of fused-ring (bicyclic) bond motifs is 10. The Labute approximate surface area is 301 Å². The van der Waals surface area contributed by atoms with E-state index in [-0.39, 0.29) is 5.41 Å². The quantitative estimate of drug-likeness (QED) is 0.166. The Morgan fingerprint density at radius 3 is 2.10 bits per heavy atom. The predicted molar refractivity (Wildman–Crippen MR) is 219 cm³/mol. The molecule has 0 saturated carbocycles. The molecule has 0 aromatic heterocycles. The van der Waals surface area contributed by atoms with Crippen molar-refractivity contribution in [3.63, 3.8) is 0 Å². The van der Waals surface area contributed by atoms with Crippen LogP contribution in [0.15, 0.2) is 169 Å². The summed E-state index contributed by atoms with van der Waals surface area (Å²) in [6.45, 7) is 4.85. The summed E-state index contributed by atoms with van der Waals surface area (Å²) in [5.74, 6) is 1.03. The molecule has 0 heteroatoms. The first kappa shape index (κ1) is 30.4. The van der Waals surface area contributed by atoms with Gasteiger partial charge in [-0.3, -0.25) is 0 Å². The van der Waals surface area contributed by atoms with E-state index in [4.69, 9.17) is 0 Å². The van der Waals surface area contributed by atoms with Gasteiger partial charge in [0.1, 0.15) is 0 Å². The van der Waals surface area contributed by atoms with Crippen LogP contribution in [0.2, 0.25) is 0 Å². The lowest BCUT2D eigenvalue weighted by atomic mass is 9.76. The fourth-order valence-electron chi connectivity index (χ4n) is 9.63. The molecule has 0 amide bonds. The Morgan fingerprint density at radius 2 is 1.33 bits per heavy atom. The van der Waals surface area contributed by atoms with Crippen molar-refractivity contribution in [3.8, 4) is 22.3 Å². The monoisotopic (exact) mass is 654 g/mol. The summed E-state index contributed by atoms with van der Waals surface area (Å²) in [6.07, 6.45) is 25.7. The van der Waals surface area contributed by atoms with Gasteiger partial charge in [-0.25, -0.2) is 0 Å². The maximum atomic E-state index is 2.55. The van der Waals surface area contributed by atoms with Gasteiger partial charge < -0.3 is 0 Å². The molecule has 10 rings (SSSR count). The van der Waals surface area contributed by atoms with Gasteiger partial charge in [0.25, 0.3) is 0 Å². The number of hydrogen-bond donors (Lipinski definition) is 0. The molecule has 0 nitrogen and oxygen atoms in total. The first-order valence-corrected chi connectivity index (χ1v) is 18.8. The minimum Gasteiger partial charge on any atom is -0.0839 e. The summed E-state index contributed by atoms with van der Waals surface area (Å²) in [6, 6.07) is 39.3. The number of benzene rings is 6. The molecule has 0 heterocycles. The van der Waals surface area contributed by atoms with E-state index in [0.29, 0.717) is 11.8 Å². The second kappa shape index (κ2) is 11.8. The van der Waals surface area contributed by atoms with Crippen molar-refractivity contribution in [2.45, 2.75) is 44.9 Å². The molecule has 0 N–H and O–H groups in total. The van der Waals surface area contributed by atoms with Gasteiger partial charge in [-0.2, -0.15) is 0 Å². The molecule has 0 saturated heterocycles. The molecule has 0 fully saturated rings. The summed E-state index contributed by atoms with van der Waals surface area (Å²) in [7, 11) is 0. The Balaban J connectivity index is 1.08. The van der Waals surface area contributed by atoms with Gasteiger partial charge in [-0.05, 0) is 138 Å². The van der Waals surface area contributed by atoms with Crippen LogP contribution in [0.3, 0.4) is 0 Å². The second-order valence-corrected chi connectivity index (χ2v) is 15.5. The molecule has 51 heavy (non-hydrogen) atoms. The Kier molecular flexibility index (Phi) is 7.04. The third-order valence-electron chi connectivity index (χ3n) is 12.2. The van der Waals surface area contributed by atoms with Gasteiger partial charge in [0.15, 0.2) is 0 Å². The molecule has 6 aromatic carbocycles. The van der Waals surface area contributed by atoms with Gasteiger partial charge in [0.2, 0.25) is 0 Å². The third kappa shape index (κ3) is 4.88. The van der Waals surface area contributed by atoms with E-state index in [9.17, 15) is 0 Å². The topological polar surface area (TPSA) is 0 Å². The van der Waals surface area contributed by atoms with Crippen molar-refractivity contribution in [1.82, 2.24) is 0 Å². The fraction of sp³-hybridized carbons (Fsp3) is 0.176. The minimum absolute atomic E-state index is 0.120. The number of allylic oxidation sites excluding steroid dienone is 12. The molecule has 0 bridgehead atoms. The predicted octanol–water partition coefficient (Wildman–Crippen LogP) is 13.9. The van der Waals surface area contributed by atoms with Crippen molar-refractivity contribution in [2.24, 2.45) is 11.8 Å². The van der Waals surface area contributed by atoms with Crippen LogP contribution >= 0.6 is 0 Å². The van der Waals surface area contributed by atoms with E-state index in [0.717, 1.165) is 25.7 Å². The van der Waals surface area contributed by atoms with Gasteiger partial charge >= 0.3 is 0 Å². The standard InChI is InChI=1S/C51H42/c1-51(2)48-27-24-37(32-47(48)46-26-25-45-43-22-10-9-20-41(43)42-21-11-12-23-44(42)49(45)50(46)51)35-18-13-19-36(28-35)40-30-38(33-14-5-3-6-15-33)29-39(31-40)34-16-7-4-8-17-34/h3,5-7,9-14,16-29,31-33,38H,4,8,15,30H2,1-2H3. The minimum atomic E-state index is -0.120. The Morgan fingerprint density at radius 1 is 0.588 bits per heavy atom. The van der Waals surface area contributed by atoms with Crippen LogP contribution in [-0.2, 0) is 5.41 Å². The van der Waals surface area contributed by atoms with Crippen LogP contribution in [-0.4, -0.2) is 0 Å². The molecule has 0 radical (unpaired) electrons. The summed E-state index contributed by atoms with van der Waals surface area (Å²) in [5.41, 5.74) is 13.6. The largest absolute Gasteiger partial charge is 0.0839 e. The highest BCUT2D eigenvalue weighted by molar-refractivity contribution is 6.27. The number of rotatable bonds is 4. The van der Waals surface area contributed by atoms with Gasteiger partial charge in [0.05, 0.1) is 0 Å². The van der Waals surface area contributed by atoms with Crippen LogP contribution in [0.25, 0.3) is 60.1 Å². The Bertz CT molecular complexity index is 2570. The fourth-order valence-corrected chi connectivity index (χ4v) is 9.63. The van der Waals surface area contributed by atoms with E-state index < -0.39 is 0 Å². The van der Waals surface area contributed by atoms with E-state index in [1.807, 2.05) is 0 Å². The first-order valence-electron chi connectivity index (χ1n) is 18.8. The second-order valence-electron chi connectivity index (χ2n) is 15.5. The molecule has 0 spiro atoms. The third-order valence-corrected chi connectivity index (χ3v) is 12.2. The maximum absolute atomic E-state index is 2.55. The zero-order valence-electron chi connectivity index (χ0n) is 29.5. The van der Waals surface area contributed by atoms with E-state index in [1.54, 1.807) is 0 Å². The van der Waals surface area contributed by atoms with Crippen molar-refractivity contribution < 1.29 is 0 Å². The molecule has 6 aromatic rings. The molecule has 4 aliphatic carbocycles. The lowest BCUT2D eigenvalue weighted by Crippen LogP contribution is -2.16. The van der Waals surface area contributed by atoms with E-state index in [2.05, 4.69) is 172 Å².